The summed E-state index contributed by atoms with van der Waals surface area (Å²) in [6.07, 6.45) is 3.36. The predicted octanol–water partition coefficient (Wildman–Crippen LogP) is 2.34. The zero-order chi connectivity index (χ0) is 13.0. The smallest absolute Gasteiger partial charge is 0.130 e. The molecule has 1 aliphatic rings. The number of nitrogens with zero attached hydrogens (tertiary/aromatic N) is 1. The maximum absolute atomic E-state index is 13.6. The molecule has 1 aromatic carbocycles. The van der Waals surface area contributed by atoms with Gasteiger partial charge in [-0.15, -0.1) is 0 Å². The first-order chi connectivity index (χ1) is 8.74. The molecule has 4 heteroatoms. The van der Waals surface area contributed by atoms with Gasteiger partial charge in [-0.1, -0.05) is 12.5 Å². The van der Waals surface area contributed by atoms with Crippen LogP contribution in [0.15, 0.2) is 18.2 Å². The van der Waals surface area contributed by atoms with E-state index in [9.17, 15) is 4.39 Å². The summed E-state index contributed by atoms with van der Waals surface area (Å²) in [6, 6.07) is 6.37. The van der Waals surface area contributed by atoms with Gasteiger partial charge < -0.3 is 10.5 Å². The van der Waals surface area contributed by atoms with E-state index in [-0.39, 0.29) is 18.5 Å². The van der Waals surface area contributed by atoms with Gasteiger partial charge in [-0.05, 0) is 37.4 Å². The summed E-state index contributed by atoms with van der Waals surface area (Å²) >= 11 is 0. The normalized spacial score (nSPS) is 22.9. The average molecular weight is 248 g/mol. The monoisotopic (exact) mass is 248 g/mol. The van der Waals surface area contributed by atoms with Crippen LogP contribution in [0.2, 0.25) is 0 Å². The molecule has 1 aromatic rings. The van der Waals surface area contributed by atoms with Crippen LogP contribution in [-0.2, 0) is 11.3 Å². The second-order valence-electron chi connectivity index (χ2n) is 4.69. The number of nitriles is 1. The number of ether oxygens (including phenoxy) is 1. The molecule has 0 heterocycles. The second kappa shape index (κ2) is 5.94. The highest BCUT2D eigenvalue weighted by molar-refractivity contribution is 5.32. The number of rotatable bonds is 4. The molecule has 0 aromatic heterocycles. The van der Waals surface area contributed by atoms with Crippen LogP contribution in [-0.4, -0.2) is 12.6 Å². The van der Waals surface area contributed by atoms with Crippen molar-refractivity contribution >= 4 is 0 Å². The van der Waals surface area contributed by atoms with Crippen LogP contribution in [0.1, 0.15) is 30.4 Å². The molecule has 96 valence electrons. The third kappa shape index (κ3) is 2.87. The average Bonchev–Trinajstić information content (AvgIpc) is 2.84. The van der Waals surface area contributed by atoms with E-state index in [1.54, 1.807) is 12.1 Å². The lowest BCUT2D eigenvalue weighted by molar-refractivity contribution is 0.0169. The summed E-state index contributed by atoms with van der Waals surface area (Å²) in [5.41, 5.74) is 6.50. The number of halogens is 1. The van der Waals surface area contributed by atoms with Crippen LogP contribution >= 0.6 is 0 Å². The van der Waals surface area contributed by atoms with E-state index < -0.39 is 0 Å². The third-order valence-electron chi connectivity index (χ3n) is 3.53. The highest BCUT2D eigenvalue weighted by Crippen LogP contribution is 2.28. The third-order valence-corrected chi connectivity index (χ3v) is 3.53. The largest absolute Gasteiger partial charge is 0.373 e. The summed E-state index contributed by atoms with van der Waals surface area (Å²) in [6.45, 7) is 0.874. The first-order valence-corrected chi connectivity index (χ1v) is 6.24. The van der Waals surface area contributed by atoms with E-state index in [1.807, 2.05) is 6.07 Å². The van der Waals surface area contributed by atoms with Gasteiger partial charge in [-0.3, -0.25) is 0 Å². The maximum Gasteiger partial charge on any atom is 0.130 e. The Morgan fingerprint density at radius 2 is 2.28 bits per heavy atom. The van der Waals surface area contributed by atoms with E-state index >= 15 is 0 Å². The quantitative estimate of drug-likeness (QED) is 0.889. The molecule has 2 N–H and O–H groups in total. The van der Waals surface area contributed by atoms with Crippen molar-refractivity contribution < 1.29 is 9.13 Å². The Morgan fingerprint density at radius 1 is 1.44 bits per heavy atom. The number of hydrogen-bond donors (Lipinski definition) is 1. The Balaban J connectivity index is 1.96. The molecule has 0 amide bonds. The molecule has 0 radical (unpaired) electrons. The lowest BCUT2D eigenvalue weighted by atomic mass is 10.1. The van der Waals surface area contributed by atoms with Crippen molar-refractivity contribution in [3.05, 3.63) is 35.1 Å². The molecule has 1 saturated carbocycles. The van der Waals surface area contributed by atoms with Crippen LogP contribution in [0.5, 0.6) is 0 Å². The molecule has 2 unspecified atom stereocenters. The first-order valence-electron chi connectivity index (χ1n) is 6.24. The van der Waals surface area contributed by atoms with Crippen LogP contribution in [0, 0.1) is 23.1 Å². The minimum Gasteiger partial charge on any atom is -0.373 e. The van der Waals surface area contributed by atoms with Crippen molar-refractivity contribution in [3.63, 3.8) is 0 Å². The molecule has 1 aliphatic carbocycles. The van der Waals surface area contributed by atoms with Crippen LogP contribution in [0.25, 0.3) is 0 Å². The Bertz CT molecular complexity index is 456. The number of benzene rings is 1. The SMILES string of the molecule is N#Cc1ccc(COC2CCCC2CN)c(F)c1. The Kier molecular flexibility index (Phi) is 4.29. The molecule has 3 nitrogen and oxygen atoms in total. The fraction of sp³-hybridized carbons (Fsp3) is 0.500. The van der Waals surface area contributed by atoms with Crippen LogP contribution in [0.3, 0.4) is 0 Å². The summed E-state index contributed by atoms with van der Waals surface area (Å²) < 4.78 is 19.4. The molecule has 18 heavy (non-hydrogen) atoms. The fourth-order valence-corrected chi connectivity index (χ4v) is 2.42. The standard InChI is InChI=1S/C14H17FN2O/c15-13-6-10(7-16)4-5-12(13)9-18-14-3-1-2-11(14)8-17/h4-6,11,14H,1-3,8-9,17H2. The van der Waals surface area contributed by atoms with E-state index in [4.69, 9.17) is 15.7 Å². The lowest BCUT2D eigenvalue weighted by Gasteiger charge is -2.18. The summed E-state index contributed by atoms with van der Waals surface area (Å²) in [7, 11) is 0. The minimum absolute atomic E-state index is 0.144. The van der Waals surface area contributed by atoms with Gasteiger partial charge in [0, 0.05) is 5.56 Å². The molecule has 0 bridgehead atoms. The number of nitrogens with two attached hydrogens (primary N) is 1. The van der Waals surface area contributed by atoms with Crippen molar-refractivity contribution in [1.29, 1.82) is 5.26 Å². The van der Waals surface area contributed by atoms with Gasteiger partial charge in [-0.2, -0.15) is 5.26 Å². The first kappa shape index (κ1) is 13.0. The van der Waals surface area contributed by atoms with Gasteiger partial charge in [0.25, 0.3) is 0 Å². The zero-order valence-corrected chi connectivity index (χ0v) is 10.2. The van der Waals surface area contributed by atoms with Gasteiger partial charge in [0.2, 0.25) is 0 Å². The maximum atomic E-state index is 13.6. The van der Waals surface area contributed by atoms with E-state index in [0.717, 1.165) is 19.3 Å². The van der Waals surface area contributed by atoms with Crippen molar-refractivity contribution in [3.8, 4) is 6.07 Å². The molecule has 1 fully saturated rings. The lowest BCUT2D eigenvalue weighted by Crippen LogP contribution is -2.25. The molecule has 2 rings (SSSR count). The van der Waals surface area contributed by atoms with Gasteiger partial charge in [0.1, 0.15) is 5.82 Å². The van der Waals surface area contributed by atoms with Crippen molar-refractivity contribution in [2.75, 3.05) is 6.54 Å². The molecule has 0 saturated heterocycles. The highest BCUT2D eigenvalue weighted by atomic mass is 19.1. The van der Waals surface area contributed by atoms with Gasteiger partial charge in [-0.25, -0.2) is 4.39 Å². The Labute approximate surface area is 106 Å². The molecule has 0 aliphatic heterocycles. The minimum atomic E-state index is -0.378. The highest BCUT2D eigenvalue weighted by Gasteiger charge is 2.26. The molecule has 2 atom stereocenters. The Morgan fingerprint density at radius 3 is 2.94 bits per heavy atom. The van der Waals surface area contributed by atoms with Crippen LogP contribution in [0.4, 0.5) is 4.39 Å². The van der Waals surface area contributed by atoms with Gasteiger partial charge in [0.15, 0.2) is 0 Å². The van der Waals surface area contributed by atoms with Gasteiger partial charge >= 0.3 is 0 Å². The zero-order valence-electron chi connectivity index (χ0n) is 10.2. The molecule has 0 spiro atoms. The van der Waals surface area contributed by atoms with Crippen molar-refractivity contribution in [2.24, 2.45) is 11.7 Å². The molecular weight excluding hydrogens is 231 g/mol. The van der Waals surface area contributed by atoms with E-state index in [0.29, 0.717) is 23.6 Å². The van der Waals surface area contributed by atoms with E-state index in [2.05, 4.69) is 0 Å². The van der Waals surface area contributed by atoms with Crippen molar-refractivity contribution in [1.82, 2.24) is 0 Å². The summed E-state index contributed by atoms with van der Waals surface area (Å²) in [5, 5.41) is 8.66. The van der Waals surface area contributed by atoms with Crippen LogP contribution < -0.4 is 5.73 Å². The Hall–Kier alpha value is -1.44. The van der Waals surface area contributed by atoms with E-state index in [1.165, 1.54) is 6.07 Å². The fourth-order valence-electron chi connectivity index (χ4n) is 2.42. The van der Waals surface area contributed by atoms with Gasteiger partial charge in [0.05, 0.1) is 24.3 Å². The predicted molar refractivity (Wildman–Crippen MR) is 66.1 cm³/mol. The summed E-state index contributed by atoms with van der Waals surface area (Å²) in [4.78, 5) is 0. The summed E-state index contributed by atoms with van der Waals surface area (Å²) in [5.74, 6) is 0.0165. The number of hydrogen-bond acceptors (Lipinski definition) is 3. The topological polar surface area (TPSA) is 59.0 Å². The molecular formula is C14H17FN2O. The van der Waals surface area contributed by atoms with Crippen molar-refractivity contribution in [2.45, 2.75) is 32.0 Å². The second-order valence-corrected chi connectivity index (χ2v) is 4.69.